The second-order valence-electron chi connectivity index (χ2n) is 5.26. The lowest BCUT2D eigenvalue weighted by atomic mass is 10.0. The lowest BCUT2D eigenvalue weighted by molar-refractivity contribution is 0.673. The molecule has 0 saturated carbocycles. The third kappa shape index (κ3) is 3.88. The van der Waals surface area contributed by atoms with Crippen molar-refractivity contribution < 1.29 is 0 Å². The van der Waals surface area contributed by atoms with Crippen LogP contribution in [0.3, 0.4) is 0 Å². The van der Waals surface area contributed by atoms with E-state index in [9.17, 15) is 0 Å². The number of aliphatic imine (C=N–C) groups is 1. The fraction of sp³-hybridized carbons (Fsp3) is 0.353. The van der Waals surface area contributed by atoms with E-state index >= 15 is 0 Å². The molecule has 4 heteroatoms. The molecule has 0 aliphatic rings. The Kier molecular flexibility index (Phi) is 5.04. The van der Waals surface area contributed by atoms with Crippen LogP contribution in [0.2, 0.25) is 0 Å². The van der Waals surface area contributed by atoms with E-state index in [1.165, 1.54) is 16.8 Å². The monoisotopic (exact) mass is 284 g/mol. The molecule has 2 N–H and O–H groups in total. The number of aryl methyl sites for hydroxylation is 2. The molecule has 0 radical (unpaired) electrons. The SMILES string of the molecule is CN=C(NCc1cccn1C)NC(C)c1ccccc1C. The van der Waals surface area contributed by atoms with Gasteiger partial charge in [-0.2, -0.15) is 0 Å². The van der Waals surface area contributed by atoms with E-state index < -0.39 is 0 Å². The van der Waals surface area contributed by atoms with Crippen LogP contribution in [0.5, 0.6) is 0 Å². The molecule has 0 saturated heterocycles. The average molecular weight is 284 g/mol. The Morgan fingerprint density at radius 3 is 2.62 bits per heavy atom. The van der Waals surface area contributed by atoms with Gasteiger partial charge in [-0.3, -0.25) is 4.99 Å². The van der Waals surface area contributed by atoms with E-state index in [2.05, 4.69) is 64.4 Å². The van der Waals surface area contributed by atoms with Gasteiger partial charge in [0.1, 0.15) is 0 Å². The maximum Gasteiger partial charge on any atom is 0.191 e. The molecule has 0 aliphatic carbocycles. The minimum Gasteiger partial charge on any atom is -0.353 e. The van der Waals surface area contributed by atoms with Gasteiger partial charge in [0.25, 0.3) is 0 Å². The predicted octanol–water partition coefficient (Wildman–Crippen LogP) is 2.76. The molecule has 1 heterocycles. The van der Waals surface area contributed by atoms with E-state index in [-0.39, 0.29) is 6.04 Å². The van der Waals surface area contributed by atoms with Crippen LogP contribution in [0.15, 0.2) is 47.6 Å². The van der Waals surface area contributed by atoms with Gasteiger partial charge >= 0.3 is 0 Å². The van der Waals surface area contributed by atoms with Gasteiger partial charge in [-0.15, -0.1) is 0 Å². The second-order valence-corrected chi connectivity index (χ2v) is 5.26. The molecule has 0 amide bonds. The summed E-state index contributed by atoms with van der Waals surface area (Å²) in [6.07, 6.45) is 2.04. The van der Waals surface area contributed by atoms with Gasteiger partial charge in [-0.05, 0) is 37.1 Å². The van der Waals surface area contributed by atoms with E-state index in [1.807, 2.05) is 19.3 Å². The predicted molar refractivity (Wildman–Crippen MR) is 88.3 cm³/mol. The van der Waals surface area contributed by atoms with Crippen molar-refractivity contribution >= 4 is 5.96 Å². The third-order valence-corrected chi connectivity index (χ3v) is 3.72. The van der Waals surface area contributed by atoms with Crippen molar-refractivity contribution in [1.82, 2.24) is 15.2 Å². The summed E-state index contributed by atoms with van der Waals surface area (Å²) >= 11 is 0. The third-order valence-electron chi connectivity index (χ3n) is 3.72. The number of nitrogens with zero attached hydrogens (tertiary/aromatic N) is 2. The summed E-state index contributed by atoms with van der Waals surface area (Å²) in [5.74, 6) is 0.812. The summed E-state index contributed by atoms with van der Waals surface area (Å²) < 4.78 is 2.10. The first-order chi connectivity index (χ1) is 10.1. The highest BCUT2D eigenvalue weighted by Gasteiger charge is 2.09. The first-order valence-corrected chi connectivity index (χ1v) is 7.24. The van der Waals surface area contributed by atoms with Gasteiger partial charge in [0.2, 0.25) is 0 Å². The molecule has 0 bridgehead atoms. The summed E-state index contributed by atoms with van der Waals surface area (Å²) in [6.45, 7) is 5.04. The van der Waals surface area contributed by atoms with E-state index in [0.717, 1.165) is 12.5 Å². The zero-order chi connectivity index (χ0) is 15.2. The van der Waals surface area contributed by atoms with Crippen molar-refractivity contribution in [3.8, 4) is 0 Å². The Morgan fingerprint density at radius 1 is 1.24 bits per heavy atom. The normalized spacial score (nSPS) is 13.0. The van der Waals surface area contributed by atoms with Gasteiger partial charge in [0, 0.05) is 26.0 Å². The number of hydrogen-bond acceptors (Lipinski definition) is 1. The molecule has 1 aromatic carbocycles. The van der Waals surface area contributed by atoms with Crippen molar-refractivity contribution in [1.29, 1.82) is 0 Å². The highest BCUT2D eigenvalue weighted by atomic mass is 15.2. The first-order valence-electron chi connectivity index (χ1n) is 7.24. The van der Waals surface area contributed by atoms with Gasteiger partial charge in [0.05, 0.1) is 12.6 Å². The number of benzene rings is 1. The van der Waals surface area contributed by atoms with Crippen molar-refractivity contribution in [3.05, 3.63) is 59.4 Å². The molecule has 21 heavy (non-hydrogen) atoms. The van der Waals surface area contributed by atoms with Gasteiger partial charge in [-0.25, -0.2) is 0 Å². The number of aromatic nitrogens is 1. The number of nitrogens with one attached hydrogen (secondary N) is 2. The van der Waals surface area contributed by atoms with Crippen LogP contribution in [-0.4, -0.2) is 17.6 Å². The number of hydrogen-bond donors (Lipinski definition) is 2. The quantitative estimate of drug-likeness (QED) is 0.669. The van der Waals surface area contributed by atoms with E-state index in [1.54, 1.807) is 7.05 Å². The molecule has 1 unspecified atom stereocenters. The topological polar surface area (TPSA) is 41.4 Å². The molecule has 0 fully saturated rings. The maximum absolute atomic E-state index is 4.30. The largest absolute Gasteiger partial charge is 0.353 e. The van der Waals surface area contributed by atoms with Gasteiger partial charge < -0.3 is 15.2 Å². The first kappa shape index (κ1) is 15.2. The standard InChI is InChI=1S/C17H24N4/c1-13-8-5-6-10-16(13)14(2)20-17(18-3)19-12-15-9-7-11-21(15)4/h5-11,14H,12H2,1-4H3,(H2,18,19,20). The van der Waals surface area contributed by atoms with Crippen LogP contribution < -0.4 is 10.6 Å². The molecular formula is C17H24N4. The molecule has 1 aromatic heterocycles. The molecular weight excluding hydrogens is 260 g/mol. The Bertz CT molecular complexity index is 613. The van der Waals surface area contributed by atoms with Crippen LogP contribution >= 0.6 is 0 Å². The zero-order valence-electron chi connectivity index (χ0n) is 13.2. The van der Waals surface area contributed by atoms with Crippen molar-refractivity contribution in [2.24, 2.45) is 12.0 Å². The summed E-state index contributed by atoms with van der Waals surface area (Å²) in [6, 6.07) is 12.8. The number of guanidine groups is 1. The van der Waals surface area contributed by atoms with E-state index in [0.29, 0.717) is 0 Å². The highest BCUT2D eigenvalue weighted by Crippen LogP contribution is 2.16. The van der Waals surface area contributed by atoms with Crippen LogP contribution in [-0.2, 0) is 13.6 Å². The fourth-order valence-corrected chi connectivity index (χ4v) is 2.40. The number of rotatable bonds is 4. The second kappa shape index (κ2) is 6.97. The van der Waals surface area contributed by atoms with Crippen LogP contribution in [0.25, 0.3) is 0 Å². The molecule has 2 aromatic rings. The van der Waals surface area contributed by atoms with E-state index in [4.69, 9.17) is 0 Å². The van der Waals surface area contributed by atoms with Gasteiger partial charge in [-0.1, -0.05) is 24.3 Å². The zero-order valence-corrected chi connectivity index (χ0v) is 13.2. The Hall–Kier alpha value is -2.23. The van der Waals surface area contributed by atoms with Crippen molar-refractivity contribution in [3.63, 3.8) is 0 Å². The van der Waals surface area contributed by atoms with Crippen molar-refractivity contribution in [2.75, 3.05) is 7.05 Å². The maximum atomic E-state index is 4.30. The van der Waals surface area contributed by atoms with Gasteiger partial charge in [0.15, 0.2) is 5.96 Å². The summed E-state index contributed by atoms with van der Waals surface area (Å²) in [5.41, 5.74) is 3.80. The average Bonchev–Trinajstić information content (AvgIpc) is 2.89. The molecule has 112 valence electrons. The lowest BCUT2D eigenvalue weighted by Crippen LogP contribution is -2.38. The Labute approximate surface area is 126 Å². The Morgan fingerprint density at radius 2 is 2.00 bits per heavy atom. The molecule has 0 aliphatic heterocycles. The summed E-state index contributed by atoms with van der Waals surface area (Å²) in [7, 11) is 3.84. The molecule has 2 rings (SSSR count). The minimum absolute atomic E-state index is 0.214. The summed E-state index contributed by atoms with van der Waals surface area (Å²) in [5, 5.41) is 6.79. The molecule has 0 spiro atoms. The smallest absolute Gasteiger partial charge is 0.191 e. The molecule has 1 atom stereocenters. The molecule has 4 nitrogen and oxygen atoms in total. The minimum atomic E-state index is 0.214. The fourth-order valence-electron chi connectivity index (χ4n) is 2.40. The van der Waals surface area contributed by atoms with Crippen molar-refractivity contribution in [2.45, 2.75) is 26.4 Å². The summed E-state index contributed by atoms with van der Waals surface area (Å²) in [4.78, 5) is 4.30. The highest BCUT2D eigenvalue weighted by molar-refractivity contribution is 5.80. The van der Waals surface area contributed by atoms with Crippen LogP contribution in [0.4, 0.5) is 0 Å². The van der Waals surface area contributed by atoms with Crippen LogP contribution in [0, 0.1) is 6.92 Å². The Balaban J connectivity index is 1.97. The lowest BCUT2D eigenvalue weighted by Gasteiger charge is -2.20. The van der Waals surface area contributed by atoms with Crippen LogP contribution in [0.1, 0.15) is 29.8 Å².